The van der Waals surface area contributed by atoms with Gasteiger partial charge in [0.05, 0.1) is 0 Å². The van der Waals surface area contributed by atoms with Crippen molar-refractivity contribution in [2.45, 2.75) is 6.92 Å². The number of amides is 2. The van der Waals surface area contributed by atoms with E-state index in [1.54, 1.807) is 18.2 Å². The van der Waals surface area contributed by atoms with Crippen LogP contribution in [0, 0.1) is 6.92 Å². The molecule has 0 unspecified atom stereocenters. The first-order valence-electron chi connectivity index (χ1n) is 8.50. The Bertz CT molecular complexity index is 884. The largest absolute Gasteiger partial charge is 0.350 e. The predicted molar refractivity (Wildman–Crippen MR) is 102 cm³/mol. The maximum Gasteiger partial charge on any atom is 0.251 e. The van der Waals surface area contributed by atoms with Crippen molar-refractivity contribution in [2.75, 3.05) is 13.1 Å². The zero-order valence-electron chi connectivity index (χ0n) is 14.6. The molecular weight excluding hydrogens is 326 g/mol. The van der Waals surface area contributed by atoms with Crippen LogP contribution in [0.5, 0.6) is 0 Å². The summed E-state index contributed by atoms with van der Waals surface area (Å²) < 4.78 is 1.97. The second kappa shape index (κ2) is 8.16. The zero-order chi connectivity index (χ0) is 18.4. The number of nitrogens with zero attached hydrogens (tertiary/aromatic N) is 1. The predicted octanol–water partition coefficient (Wildman–Crippen LogP) is 2.95. The highest BCUT2D eigenvalue weighted by atomic mass is 16.2. The van der Waals surface area contributed by atoms with Gasteiger partial charge in [-0.1, -0.05) is 17.7 Å². The van der Waals surface area contributed by atoms with Gasteiger partial charge in [0.1, 0.15) is 0 Å². The van der Waals surface area contributed by atoms with Crippen molar-refractivity contribution in [3.8, 4) is 5.69 Å². The van der Waals surface area contributed by atoms with E-state index in [-0.39, 0.29) is 11.8 Å². The Labute approximate surface area is 152 Å². The maximum atomic E-state index is 12.2. The molecule has 0 saturated carbocycles. The molecule has 0 bridgehead atoms. The molecule has 0 fully saturated rings. The summed E-state index contributed by atoms with van der Waals surface area (Å²) in [5.74, 6) is -0.298. The summed E-state index contributed by atoms with van der Waals surface area (Å²) in [6.45, 7) is 2.69. The van der Waals surface area contributed by atoms with E-state index in [1.807, 2.05) is 66.3 Å². The minimum absolute atomic E-state index is 0.140. The third-order valence-corrected chi connectivity index (χ3v) is 4.01. The Morgan fingerprint density at radius 3 is 2.04 bits per heavy atom. The minimum Gasteiger partial charge on any atom is -0.350 e. The van der Waals surface area contributed by atoms with Crippen LogP contribution >= 0.6 is 0 Å². The van der Waals surface area contributed by atoms with E-state index in [0.29, 0.717) is 24.2 Å². The van der Waals surface area contributed by atoms with Crippen LogP contribution in [0.1, 0.15) is 26.3 Å². The molecular formula is C21H21N3O2. The van der Waals surface area contributed by atoms with E-state index >= 15 is 0 Å². The highest BCUT2D eigenvalue weighted by molar-refractivity contribution is 5.95. The fourth-order valence-electron chi connectivity index (χ4n) is 2.63. The summed E-state index contributed by atoms with van der Waals surface area (Å²) in [5.41, 5.74) is 3.24. The lowest BCUT2D eigenvalue weighted by Gasteiger charge is -2.08. The molecule has 5 heteroatoms. The van der Waals surface area contributed by atoms with E-state index in [2.05, 4.69) is 10.6 Å². The van der Waals surface area contributed by atoms with Gasteiger partial charge >= 0.3 is 0 Å². The molecule has 0 aliphatic carbocycles. The van der Waals surface area contributed by atoms with E-state index in [4.69, 9.17) is 0 Å². The van der Waals surface area contributed by atoms with Crippen molar-refractivity contribution < 1.29 is 9.59 Å². The van der Waals surface area contributed by atoms with Gasteiger partial charge in [-0.3, -0.25) is 9.59 Å². The van der Waals surface area contributed by atoms with E-state index < -0.39 is 0 Å². The van der Waals surface area contributed by atoms with E-state index in [1.165, 1.54) is 0 Å². The molecule has 0 atom stereocenters. The first-order chi connectivity index (χ1) is 12.6. The number of aromatic nitrogens is 1. The van der Waals surface area contributed by atoms with Crippen LogP contribution in [-0.4, -0.2) is 29.5 Å². The summed E-state index contributed by atoms with van der Waals surface area (Å²) in [6, 6.07) is 18.7. The standard InChI is InChI=1S/C21H21N3O2/c1-16-5-4-6-18(15-16)21(26)23-12-11-22-20(25)17-7-9-19(10-8-17)24-13-2-3-14-24/h2-10,13-15H,11-12H2,1H3,(H,22,25)(H,23,26). The van der Waals surface area contributed by atoms with Gasteiger partial charge in [-0.15, -0.1) is 0 Å². The second-order valence-electron chi connectivity index (χ2n) is 6.02. The number of hydrogen-bond donors (Lipinski definition) is 2. The molecule has 5 nitrogen and oxygen atoms in total. The summed E-state index contributed by atoms with van der Waals surface area (Å²) in [7, 11) is 0. The lowest BCUT2D eigenvalue weighted by Crippen LogP contribution is -2.34. The topological polar surface area (TPSA) is 63.1 Å². The number of benzene rings is 2. The summed E-state index contributed by atoms with van der Waals surface area (Å²) in [5, 5.41) is 5.61. The van der Waals surface area contributed by atoms with Crippen LogP contribution in [0.2, 0.25) is 0 Å². The normalized spacial score (nSPS) is 10.3. The lowest BCUT2D eigenvalue weighted by molar-refractivity contribution is 0.0927. The molecule has 0 aliphatic rings. The lowest BCUT2D eigenvalue weighted by atomic mass is 10.1. The van der Waals surface area contributed by atoms with Crippen molar-refractivity contribution in [2.24, 2.45) is 0 Å². The molecule has 1 heterocycles. The second-order valence-corrected chi connectivity index (χ2v) is 6.02. The third-order valence-electron chi connectivity index (χ3n) is 4.01. The summed E-state index contributed by atoms with van der Waals surface area (Å²) >= 11 is 0. The Hall–Kier alpha value is -3.34. The first kappa shape index (κ1) is 17.5. The SMILES string of the molecule is Cc1cccc(C(=O)NCCNC(=O)c2ccc(-n3cccc3)cc2)c1. The molecule has 0 spiro atoms. The average Bonchev–Trinajstić information content (AvgIpc) is 3.20. The van der Waals surface area contributed by atoms with Gasteiger partial charge in [-0.05, 0) is 55.5 Å². The number of carbonyl (C=O) groups is 2. The monoisotopic (exact) mass is 347 g/mol. The highest BCUT2D eigenvalue weighted by Crippen LogP contribution is 2.10. The summed E-state index contributed by atoms with van der Waals surface area (Å²) in [6.07, 6.45) is 3.90. The van der Waals surface area contributed by atoms with Crippen LogP contribution < -0.4 is 10.6 Å². The molecule has 0 saturated heterocycles. The highest BCUT2D eigenvalue weighted by Gasteiger charge is 2.07. The van der Waals surface area contributed by atoms with Crippen molar-refractivity contribution in [1.29, 1.82) is 0 Å². The fourth-order valence-corrected chi connectivity index (χ4v) is 2.63. The molecule has 132 valence electrons. The van der Waals surface area contributed by atoms with Crippen LogP contribution in [0.15, 0.2) is 73.1 Å². The summed E-state index contributed by atoms with van der Waals surface area (Å²) in [4.78, 5) is 24.2. The number of aryl methyl sites for hydroxylation is 1. The van der Waals surface area contributed by atoms with Crippen LogP contribution in [0.4, 0.5) is 0 Å². The van der Waals surface area contributed by atoms with Gasteiger partial charge in [0, 0.05) is 42.3 Å². The van der Waals surface area contributed by atoms with Crippen LogP contribution in [0.25, 0.3) is 5.69 Å². The van der Waals surface area contributed by atoms with Crippen LogP contribution in [-0.2, 0) is 0 Å². The molecule has 26 heavy (non-hydrogen) atoms. The Balaban J connectivity index is 1.46. The first-order valence-corrected chi connectivity index (χ1v) is 8.50. The molecule has 2 N–H and O–H groups in total. The zero-order valence-corrected chi connectivity index (χ0v) is 14.6. The number of carbonyl (C=O) groups excluding carboxylic acids is 2. The van der Waals surface area contributed by atoms with Gasteiger partial charge in [-0.25, -0.2) is 0 Å². The van der Waals surface area contributed by atoms with Gasteiger partial charge in [0.25, 0.3) is 11.8 Å². The third kappa shape index (κ3) is 4.39. The van der Waals surface area contributed by atoms with Crippen molar-refractivity contribution in [3.63, 3.8) is 0 Å². The quantitative estimate of drug-likeness (QED) is 0.674. The molecule has 3 rings (SSSR count). The Morgan fingerprint density at radius 1 is 0.808 bits per heavy atom. The van der Waals surface area contributed by atoms with Gasteiger partial charge in [0.15, 0.2) is 0 Å². The minimum atomic E-state index is -0.158. The molecule has 2 aromatic carbocycles. The van der Waals surface area contributed by atoms with E-state index in [9.17, 15) is 9.59 Å². The van der Waals surface area contributed by atoms with Crippen molar-refractivity contribution in [3.05, 3.63) is 89.7 Å². The Kier molecular flexibility index (Phi) is 5.49. The van der Waals surface area contributed by atoms with Gasteiger partial charge < -0.3 is 15.2 Å². The molecule has 2 amide bonds. The molecule has 0 radical (unpaired) electrons. The molecule has 1 aromatic heterocycles. The van der Waals surface area contributed by atoms with E-state index in [0.717, 1.165) is 11.3 Å². The smallest absolute Gasteiger partial charge is 0.251 e. The van der Waals surface area contributed by atoms with Crippen LogP contribution in [0.3, 0.4) is 0 Å². The van der Waals surface area contributed by atoms with Crippen molar-refractivity contribution >= 4 is 11.8 Å². The van der Waals surface area contributed by atoms with Gasteiger partial charge in [-0.2, -0.15) is 0 Å². The molecule has 0 aliphatic heterocycles. The van der Waals surface area contributed by atoms with Crippen molar-refractivity contribution in [1.82, 2.24) is 15.2 Å². The number of nitrogens with one attached hydrogen (secondary N) is 2. The fraction of sp³-hybridized carbons (Fsp3) is 0.143. The average molecular weight is 347 g/mol. The molecule has 3 aromatic rings. The Morgan fingerprint density at radius 2 is 1.42 bits per heavy atom. The number of rotatable bonds is 6. The van der Waals surface area contributed by atoms with Gasteiger partial charge in [0.2, 0.25) is 0 Å². The number of hydrogen-bond acceptors (Lipinski definition) is 2. The maximum absolute atomic E-state index is 12.2.